The van der Waals surface area contributed by atoms with Crippen LogP contribution in [0.5, 0.6) is 0 Å². The first-order chi connectivity index (χ1) is 9.93. The summed E-state index contributed by atoms with van der Waals surface area (Å²) in [5.74, 6) is -0.416. The summed E-state index contributed by atoms with van der Waals surface area (Å²) in [5, 5.41) is 8.74. The first kappa shape index (κ1) is 17.8. The molecular weight excluding hydrogens is 270 g/mol. The number of carboxylic acid groups (broad SMARTS) is 1. The molecule has 122 valence electrons. The standard InChI is InChI=1S/C15H29N3O3/c1-4-8-17(11-10-16(2)3)15(21)18-9-7-13(12-18)5-6-14(19)20/h13H,4-12H2,1-3H3,(H,19,20). The second-order valence-corrected chi connectivity index (χ2v) is 6.11. The number of nitrogens with zero attached hydrogens (tertiary/aromatic N) is 3. The van der Waals surface area contributed by atoms with Gasteiger partial charge in [0, 0.05) is 39.1 Å². The van der Waals surface area contributed by atoms with Crippen molar-refractivity contribution in [1.82, 2.24) is 14.7 Å². The lowest BCUT2D eigenvalue weighted by Gasteiger charge is -2.29. The van der Waals surface area contributed by atoms with E-state index < -0.39 is 5.97 Å². The molecule has 1 saturated heterocycles. The lowest BCUT2D eigenvalue weighted by Crippen LogP contribution is -2.45. The Labute approximate surface area is 127 Å². The Morgan fingerprint density at radius 1 is 1.24 bits per heavy atom. The van der Waals surface area contributed by atoms with Gasteiger partial charge in [-0.15, -0.1) is 0 Å². The van der Waals surface area contributed by atoms with Crippen LogP contribution in [0.1, 0.15) is 32.6 Å². The van der Waals surface area contributed by atoms with Crippen molar-refractivity contribution in [1.29, 1.82) is 0 Å². The molecule has 2 amide bonds. The Balaban J connectivity index is 2.46. The predicted octanol–water partition coefficient (Wildman–Crippen LogP) is 1.57. The molecule has 0 aromatic heterocycles. The van der Waals surface area contributed by atoms with Crippen LogP contribution in [0.2, 0.25) is 0 Å². The first-order valence-electron chi connectivity index (χ1n) is 7.84. The number of likely N-dealkylation sites (tertiary alicyclic amines) is 1. The average molecular weight is 299 g/mol. The highest BCUT2D eigenvalue weighted by Gasteiger charge is 2.29. The summed E-state index contributed by atoms with van der Waals surface area (Å²) in [5.41, 5.74) is 0. The van der Waals surface area contributed by atoms with E-state index in [2.05, 4.69) is 11.8 Å². The number of hydrogen-bond acceptors (Lipinski definition) is 3. The monoisotopic (exact) mass is 299 g/mol. The number of carbonyl (C=O) groups excluding carboxylic acids is 1. The molecule has 1 heterocycles. The predicted molar refractivity (Wildman–Crippen MR) is 82.4 cm³/mol. The van der Waals surface area contributed by atoms with Crippen LogP contribution in [0.4, 0.5) is 4.79 Å². The molecule has 0 radical (unpaired) electrons. The fraction of sp³-hybridized carbons (Fsp3) is 0.867. The van der Waals surface area contributed by atoms with Crippen molar-refractivity contribution in [2.24, 2.45) is 5.92 Å². The Morgan fingerprint density at radius 3 is 2.52 bits per heavy atom. The van der Waals surface area contributed by atoms with Crippen LogP contribution in [0.15, 0.2) is 0 Å². The SMILES string of the molecule is CCCN(CCN(C)C)C(=O)N1CCC(CCC(=O)O)C1. The van der Waals surface area contributed by atoms with E-state index >= 15 is 0 Å². The highest BCUT2D eigenvalue weighted by molar-refractivity contribution is 5.74. The van der Waals surface area contributed by atoms with Gasteiger partial charge in [-0.2, -0.15) is 0 Å². The van der Waals surface area contributed by atoms with E-state index in [-0.39, 0.29) is 12.5 Å². The third kappa shape index (κ3) is 6.33. The molecule has 6 heteroatoms. The van der Waals surface area contributed by atoms with Crippen molar-refractivity contribution in [3.05, 3.63) is 0 Å². The van der Waals surface area contributed by atoms with E-state index in [1.54, 1.807) is 0 Å². The molecule has 21 heavy (non-hydrogen) atoms. The van der Waals surface area contributed by atoms with Crippen molar-refractivity contribution in [3.63, 3.8) is 0 Å². The number of carboxylic acids is 1. The molecule has 0 aromatic carbocycles. The van der Waals surface area contributed by atoms with Gasteiger partial charge in [-0.25, -0.2) is 4.79 Å². The van der Waals surface area contributed by atoms with Gasteiger partial charge in [-0.05, 0) is 39.3 Å². The van der Waals surface area contributed by atoms with Crippen LogP contribution in [0, 0.1) is 5.92 Å². The minimum absolute atomic E-state index is 0.108. The molecule has 1 aliphatic rings. The van der Waals surface area contributed by atoms with Crippen LogP contribution in [0.3, 0.4) is 0 Å². The molecule has 0 aliphatic carbocycles. The van der Waals surface area contributed by atoms with Gasteiger partial charge in [0.1, 0.15) is 0 Å². The molecule has 1 atom stereocenters. The van der Waals surface area contributed by atoms with Gasteiger partial charge in [-0.1, -0.05) is 6.92 Å². The van der Waals surface area contributed by atoms with E-state index in [1.165, 1.54) is 0 Å². The van der Waals surface area contributed by atoms with Crippen molar-refractivity contribution < 1.29 is 14.7 Å². The zero-order chi connectivity index (χ0) is 15.8. The van der Waals surface area contributed by atoms with Gasteiger partial charge in [0.2, 0.25) is 0 Å². The minimum Gasteiger partial charge on any atom is -0.481 e. The third-order valence-electron chi connectivity index (χ3n) is 3.90. The Bertz CT molecular complexity index is 347. The number of hydrogen-bond donors (Lipinski definition) is 1. The minimum atomic E-state index is -0.752. The van der Waals surface area contributed by atoms with E-state index in [4.69, 9.17) is 5.11 Å². The summed E-state index contributed by atoms with van der Waals surface area (Å²) in [6, 6.07) is 0.108. The lowest BCUT2D eigenvalue weighted by atomic mass is 10.0. The Hall–Kier alpha value is -1.30. The largest absolute Gasteiger partial charge is 0.481 e. The molecular formula is C15H29N3O3. The molecule has 1 rings (SSSR count). The van der Waals surface area contributed by atoms with Gasteiger partial charge in [0.25, 0.3) is 0 Å². The average Bonchev–Trinajstić information content (AvgIpc) is 2.89. The summed E-state index contributed by atoms with van der Waals surface area (Å²) in [6.07, 6.45) is 2.75. The molecule has 0 aromatic rings. The van der Waals surface area contributed by atoms with E-state index in [0.29, 0.717) is 18.9 Å². The lowest BCUT2D eigenvalue weighted by molar-refractivity contribution is -0.137. The normalized spacial score (nSPS) is 18.3. The number of aliphatic carboxylic acids is 1. The zero-order valence-corrected chi connectivity index (χ0v) is 13.5. The number of rotatable bonds is 8. The second kappa shape index (κ2) is 8.87. The fourth-order valence-corrected chi connectivity index (χ4v) is 2.66. The number of urea groups is 1. The summed E-state index contributed by atoms with van der Waals surface area (Å²) in [6.45, 7) is 5.93. The maximum atomic E-state index is 12.5. The zero-order valence-electron chi connectivity index (χ0n) is 13.5. The molecule has 6 nitrogen and oxygen atoms in total. The van der Waals surface area contributed by atoms with Gasteiger partial charge >= 0.3 is 12.0 Å². The quantitative estimate of drug-likeness (QED) is 0.739. The number of likely N-dealkylation sites (N-methyl/N-ethyl adjacent to an activating group) is 1. The Kier molecular flexibility index (Phi) is 7.50. The maximum Gasteiger partial charge on any atom is 0.320 e. The molecule has 0 spiro atoms. The smallest absolute Gasteiger partial charge is 0.320 e. The maximum absolute atomic E-state index is 12.5. The fourth-order valence-electron chi connectivity index (χ4n) is 2.66. The second-order valence-electron chi connectivity index (χ2n) is 6.11. The van der Waals surface area contributed by atoms with E-state index in [0.717, 1.165) is 39.0 Å². The van der Waals surface area contributed by atoms with Gasteiger partial charge in [0.05, 0.1) is 0 Å². The molecule has 0 saturated carbocycles. The van der Waals surface area contributed by atoms with Crippen molar-refractivity contribution in [2.75, 3.05) is 46.8 Å². The van der Waals surface area contributed by atoms with Crippen molar-refractivity contribution in [3.8, 4) is 0 Å². The van der Waals surface area contributed by atoms with E-state index in [9.17, 15) is 9.59 Å². The first-order valence-corrected chi connectivity index (χ1v) is 7.84. The molecule has 1 aliphatic heterocycles. The van der Waals surface area contributed by atoms with Gasteiger partial charge in [0.15, 0.2) is 0 Å². The summed E-state index contributed by atoms with van der Waals surface area (Å²) < 4.78 is 0. The summed E-state index contributed by atoms with van der Waals surface area (Å²) >= 11 is 0. The van der Waals surface area contributed by atoms with Crippen molar-refractivity contribution in [2.45, 2.75) is 32.6 Å². The van der Waals surface area contributed by atoms with Crippen LogP contribution in [-0.2, 0) is 4.79 Å². The Morgan fingerprint density at radius 2 is 1.95 bits per heavy atom. The number of carbonyl (C=O) groups is 2. The van der Waals surface area contributed by atoms with Gasteiger partial charge in [-0.3, -0.25) is 4.79 Å². The highest BCUT2D eigenvalue weighted by Crippen LogP contribution is 2.22. The van der Waals surface area contributed by atoms with E-state index in [1.807, 2.05) is 23.9 Å². The topological polar surface area (TPSA) is 64.1 Å². The molecule has 1 N–H and O–H groups in total. The van der Waals surface area contributed by atoms with Crippen LogP contribution in [0.25, 0.3) is 0 Å². The van der Waals surface area contributed by atoms with Crippen LogP contribution < -0.4 is 0 Å². The highest BCUT2D eigenvalue weighted by atomic mass is 16.4. The third-order valence-corrected chi connectivity index (χ3v) is 3.90. The molecule has 1 unspecified atom stereocenters. The number of amides is 2. The molecule has 0 bridgehead atoms. The summed E-state index contributed by atoms with van der Waals surface area (Å²) in [4.78, 5) is 29.1. The molecule has 1 fully saturated rings. The van der Waals surface area contributed by atoms with Crippen LogP contribution >= 0.6 is 0 Å². The van der Waals surface area contributed by atoms with Gasteiger partial charge < -0.3 is 19.8 Å². The van der Waals surface area contributed by atoms with Crippen LogP contribution in [-0.4, -0.2) is 78.6 Å². The summed E-state index contributed by atoms with van der Waals surface area (Å²) in [7, 11) is 4.01. The van der Waals surface area contributed by atoms with Crippen molar-refractivity contribution >= 4 is 12.0 Å².